The van der Waals surface area contributed by atoms with E-state index in [4.69, 9.17) is 4.74 Å². The third kappa shape index (κ3) is 8.95. The molecule has 8 heteroatoms. The van der Waals surface area contributed by atoms with Crippen LogP contribution in [0.3, 0.4) is 0 Å². The molecule has 3 aromatic rings. The van der Waals surface area contributed by atoms with Crippen LogP contribution in [0.15, 0.2) is 84.0 Å². The number of methoxy groups -OCH3 is 1. The molecule has 40 heavy (non-hydrogen) atoms. The number of hydrogen-bond acceptors (Lipinski definition) is 6. The molecule has 0 spiro atoms. The molecule has 1 atom stereocenters. The first kappa shape index (κ1) is 30.4. The van der Waals surface area contributed by atoms with E-state index in [2.05, 4.69) is 15.8 Å². The summed E-state index contributed by atoms with van der Waals surface area (Å²) in [6.07, 6.45) is 2.16. The number of benzene rings is 3. The number of oxime groups is 1. The van der Waals surface area contributed by atoms with Crippen LogP contribution < -0.4 is 15.4 Å². The first-order valence-corrected chi connectivity index (χ1v) is 13.8. The van der Waals surface area contributed by atoms with Crippen molar-refractivity contribution in [1.82, 2.24) is 15.5 Å². The van der Waals surface area contributed by atoms with Crippen molar-refractivity contribution in [3.63, 3.8) is 0 Å². The predicted molar refractivity (Wildman–Crippen MR) is 158 cm³/mol. The molecule has 0 aromatic heterocycles. The van der Waals surface area contributed by atoms with Crippen LogP contribution in [0.1, 0.15) is 58.5 Å². The largest absolute Gasteiger partial charge is 0.497 e. The average molecular weight is 545 g/mol. The van der Waals surface area contributed by atoms with E-state index >= 15 is 0 Å². The maximum absolute atomic E-state index is 13.4. The minimum Gasteiger partial charge on any atom is -0.497 e. The molecule has 0 aliphatic rings. The van der Waals surface area contributed by atoms with Crippen molar-refractivity contribution in [1.29, 1.82) is 0 Å². The zero-order chi connectivity index (χ0) is 28.7. The Morgan fingerprint density at radius 1 is 0.900 bits per heavy atom. The molecule has 2 amide bonds. The summed E-state index contributed by atoms with van der Waals surface area (Å²) in [6, 6.07) is 23.6. The maximum Gasteiger partial charge on any atom is 0.253 e. The lowest BCUT2D eigenvalue weighted by molar-refractivity contribution is 0.0755. The van der Waals surface area contributed by atoms with Gasteiger partial charge in [-0.15, -0.1) is 0 Å². The van der Waals surface area contributed by atoms with Gasteiger partial charge >= 0.3 is 0 Å². The summed E-state index contributed by atoms with van der Waals surface area (Å²) in [5.41, 5.74) is 3.25. The number of nitrogens with one attached hydrogen (secondary N) is 2. The average Bonchev–Trinajstić information content (AvgIpc) is 2.99. The number of rotatable bonds is 15. The molecule has 0 heterocycles. The summed E-state index contributed by atoms with van der Waals surface area (Å²) in [5, 5.41) is 19.8. The smallest absolute Gasteiger partial charge is 0.253 e. The molecule has 0 fully saturated rings. The monoisotopic (exact) mass is 544 g/mol. The van der Waals surface area contributed by atoms with Crippen LogP contribution in [0, 0.1) is 0 Å². The van der Waals surface area contributed by atoms with Crippen molar-refractivity contribution in [2.45, 2.75) is 45.7 Å². The molecule has 212 valence electrons. The van der Waals surface area contributed by atoms with Gasteiger partial charge in [0, 0.05) is 37.3 Å². The van der Waals surface area contributed by atoms with Crippen LogP contribution >= 0.6 is 0 Å². The molecule has 0 saturated heterocycles. The summed E-state index contributed by atoms with van der Waals surface area (Å²) < 4.78 is 5.29. The van der Waals surface area contributed by atoms with Crippen LogP contribution in [0.2, 0.25) is 0 Å². The Kier molecular flexibility index (Phi) is 12.2. The molecule has 0 aliphatic heterocycles. The van der Waals surface area contributed by atoms with E-state index < -0.39 is 6.04 Å². The fourth-order valence-electron chi connectivity index (χ4n) is 4.52. The van der Waals surface area contributed by atoms with Crippen molar-refractivity contribution in [2.75, 3.05) is 26.7 Å². The Bertz CT molecular complexity index is 1260. The highest BCUT2D eigenvalue weighted by molar-refractivity contribution is 6.02. The van der Waals surface area contributed by atoms with Gasteiger partial charge in [0.2, 0.25) is 0 Å². The summed E-state index contributed by atoms with van der Waals surface area (Å²) in [6.45, 7) is 6.20. The van der Waals surface area contributed by atoms with E-state index in [1.807, 2.05) is 73.3 Å². The van der Waals surface area contributed by atoms with E-state index in [0.717, 1.165) is 29.7 Å². The Balaban J connectivity index is 1.76. The van der Waals surface area contributed by atoms with Gasteiger partial charge in [0.1, 0.15) is 5.75 Å². The van der Waals surface area contributed by atoms with Crippen LogP contribution in [0.5, 0.6) is 5.75 Å². The van der Waals surface area contributed by atoms with Gasteiger partial charge in [-0.1, -0.05) is 67.5 Å². The third-order valence-corrected chi connectivity index (χ3v) is 6.53. The highest BCUT2D eigenvalue weighted by Crippen LogP contribution is 2.14. The number of carbonyl (C=O) groups excluding carboxylic acids is 2. The molecule has 0 unspecified atom stereocenters. The summed E-state index contributed by atoms with van der Waals surface area (Å²) >= 11 is 0. The first-order chi connectivity index (χ1) is 19.5. The molecule has 0 radical (unpaired) electrons. The van der Waals surface area contributed by atoms with E-state index in [9.17, 15) is 14.8 Å². The standard InChI is InChI=1S/C32H40N4O4/c1-4-17-36(18-5-2)32(38)27-15-10-14-26(21-27)31(37)34-29(20-24-11-7-6-8-12-24)30(35-39)23-33-22-25-13-9-16-28(19-25)40-3/h6-16,19,21,29,33,39H,4-5,17-18,20,22-23H2,1-3H3,(H,34,37)/b35-30-/t29-/m0/s1. The predicted octanol–water partition coefficient (Wildman–Crippen LogP) is 4.92. The summed E-state index contributed by atoms with van der Waals surface area (Å²) in [4.78, 5) is 28.4. The Morgan fingerprint density at radius 2 is 1.57 bits per heavy atom. The molecular formula is C32H40N4O4. The van der Waals surface area contributed by atoms with Crippen molar-refractivity contribution in [2.24, 2.45) is 5.16 Å². The van der Waals surface area contributed by atoms with Gasteiger partial charge in [-0.25, -0.2) is 0 Å². The summed E-state index contributed by atoms with van der Waals surface area (Å²) in [7, 11) is 1.62. The number of carbonyl (C=O) groups is 2. The lowest BCUT2D eigenvalue weighted by Gasteiger charge is -2.22. The highest BCUT2D eigenvalue weighted by Gasteiger charge is 2.22. The van der Waals surface area contributed by atoms with E-state index in [1.54, 1.807) is 31.4 Å². The van der Waals surface area contributed by atoms with Crippen LogP contribution in [-0.2, 0) is 13.0 Å². The van der Waals surface area contributed by atoms with Crippen LogP contribution in [0.25, 0.3) is 0 Å². The van der Waals surface area contributed by atoms with Crippen molar-refractivity contribution >= 4 is 17.5 Å². The van der Waals surface area contributed by atoms with E-state index in [-0.39, 0.29) is 18.4 Å². The molecule has 8 nitrogen and oxygen atoms in total. The fraction of sp³-hybridized carbons (Fsp3) is 0.344. The van der Waals surface area contributed by atoms with Crippen molar-refractivity contribution in [3.8, 4) is 5.75 Å². The number of ether oxygens (including phenoxy) is 1. The summed E-state index contributed by atoms with van der Waals surface area (Å²) in [5.74, 6) is 0.332. The van der Waals surface area contributed by atoms with Gasteiger partial charge < -0.3 is 25.5 Å². The van der Waals surface area contributed by atoms with Crippen LogP contribution in [0.4, 0.5) is 0 Å². The van der Waals surface area contributed by atoms with E-state index in [0.29, 0.717) is 42.9 Å². The molecule has 0 bridgehead atoms. The quantitative estimate of drug-likeness (QED) is 0.143. The van der Waals surface area contributed by atoms with Crippen molar-refractivity contribution < 1.29 is 19.5 Å². The zero-order valence-corrected chi connectivity index (χ0v) is 23.6. The molecule has 0 aliphatic carbocycles. The van der Waals surface area contributed by atoms with Gasteiger partial charge in [0.15, 0.2) is 0 Å². The van der Waals surface area contributed by atoms with Crippen LogP contribution in [-0.4, -0.2) is 60.4 Å². The number of nitrogens with zero attached hydrogens (tertiary/aromatic N) is 2. The van der Waals surface area contributed by atoms with Gasteiger partial charge in [-0.2, -0.15) is 0 Å². The molecular weight excluding hydrogens is 504 g/mol. The maximum atomic E-state index is 13.4. The second kappa shape index (κ2) is 16.1. The lowest BCUT2D eigenvalue weighted by Crippen LogP contribution is -2.46. The second-order valence-electron chi connectivity index (χ2n) is 9.64. The van der Waals surface area contributed by atoms with Gasteiger partial charge in [-0.05, 0) is 60.7 Å². The topological polar surface area (TPSA) is 103 Å². The fourth-order valence-corrected chi connectivity index (χ4v) is 4.52. The van der Waals surface area contributed by atoms with E-state index in [1.165, 1.54) is 0 Å². The van der Waals surface area contributed by atoms with Crippen molar-refractivity contribution in [3.05, 3.63) is 101 Å². The number of amides is 2. The normalized spacial score (nSPS) is 12.0. The lowest BCUT2D eigenvalue weighted by atomic mass is 10.0. The van der Waals surface area contributed by atoms with Gasteiger partial charge in [0.05, 0.1) is 18.9 Å². The van der Waals surface area contributed by atoms with Gasteiger partial charge in [0.25, 0.3) is 11.8 Å². The molecule has 3 N–H and O–H groups in total. The Morgan fingerprint density at radius 3 is 2.25 bits per heavy atom. The zero-order valence-electron chi connectivity index (χ0n) is 23.6. The SMILES string of the molecule is CCCN(CCC)C(=O)c1cccc(C(=O)N[C@@H](Cc2ccccc2)/C(CNCc2cccc(OC)c2)=N\O)c1. The number of hydrogen-bond donors (Lipinski definition) is 3. The third-order valence-electron chi connectivity index (χ3n) is 6.53. The first-order valence-electron chi connectivity index (χ1n) is 13.8. The molecule has 0 saturated carbocycles. The second-order valence-corrected chi connectivity index (χ2v) is 9.64. The minimum atomic E-state index is -0.575. The minimum absolute atomic E-state index is 0.0847. The Labute approximate surface area is 237 Å². The molecule has 3 aromatic carbocycles. The van der Waals surface area contributed by atoms with Gasteiger partial charge in [-0.3, -0.25) is 9.59 Å². The molecule has 3 rings (SSSR count). The highest BCUT2D eigenvalue weighted by atomic mass is 16.5. The Hall–Kier alpha value is -4.17.